The number of unbranched alkanes of at least 4 members (excludes halogenated alkanes) is 5. The van der Waals surface area contributed by atoms with E-state index in [1.165, 1.54) is 44.6 Å². The Hall–Kier alpha value is -1.04. The van der Waals surface area contributed by atoms with Gasteiger partial charge in [0.2, 0.25) is 5.91 Å². The number of aromatic hydroxyl groups is 1. The number of ether oxygens (including phenoxy) is 1. The number of carbonyl (C=O) groups is 2. The molecule has 2 amide bonds. The number of phenolic OH excluding ortho intramolecular Hbond substituents is 1. The van der Waals surface area contributed by atoms with E-state index in [1.54, 1.807) is 0 Å². The Balaban J connectivity index is 0.00000484. The molecule has 1 rings (SSSR count). The number of phenols is 1. The summed E-state index contributed by atoms with van der Waals surface area (Å²) in [6.07, 6.45) is 6.91. The number of benzene rings is 1. The first-order chi connectivity index (χ1) is 10.6. The van der Waals surface area contributed by atoms with Gasteiger partial charge in [0, 0.05) is 12.0 Å². The van der Waals surface area contributed by atoms with Crippen LogP contribution in [0, 0.1) is 0 Å². The molecule has 23 heavy (non-hydrogen) atoms. The molecule has 2 N–H and O–H groups in total. The summed E-state index contributed by atoms with van der Waals surface area (Å²) >= 11 is 0. The van der Waals surface area contributed by atoms with Gasteiger partial charge in [-0.3, -0.25) is 14.9 Å². The predicted octanol–water partition coefficient (Wildman–Crippen LogP) is 2.76. The molecule has 6 heteroatoms. The third kappa shape index (κ3) is 8.39. The van der Waals surface area contributed by atoms with Crippen molar-refractivity contribution < 1.29 is 19.4 Å². The number of nitrogens with one attached hydrogen (secondary N) is 1. The molecule has 0 aliphatic rings. The normalized spacial score (nSPS) is 9.83. The Kier molecular flexibility index (Phi) is 11.8. The van der Waals surface area contributed by atoms with E-state index in [2.05, 4.69) is 12.2 Å². The molecule has 0 spiro atoms. The molecule has 0 heterocycles. The van der Waals surface area contributed by atoms with Gasteiger partial charge in [-0.2, -0.15) is 0 Å². The summed E-state index contributed by atoms with van der Waals surface area (Å²) in [6, 6.07) is 4.22. The second-order valence-corrected chi connectivity index (χ2v) is 5.28. The van der Waals surface area contributed by atoms with Gasteiger partial charge in [-0.25, -0.2) is 0 Å². The monoisotopic (exact) mass is 331 g/mol. The average Bonchev–Trinajstić information content (AvgIpc) is 2.51. The van der Waals surface area contributed by atoms with Crippen molar-refractivity contribution in [3.63, 3.8) is 0 Å². The van der Waals surface area contributed by atoms with E-state index < -0.39 is 5.91 Å². The number of carbonyl (C=O) groups excluding carboxylic acids is 2. The molecule has 0 aromatic heterocycles. The van der Waals surface area contributed by atoms with Gasteiger partial charge in [-0.15, -0.1) is 0 Å². The van der Waals surface area contributed by atoms with Crippen LogP contribution >= 0.6 is 0 Å². The predicted molar refractivity (Wildman–Crippen MR) is 92.3 cm³/mol. The Morgan fingerprint density at radius 2 is 1.78 bits per heavy atom. The maximum absolute atomic E-state index is 11.9. The molecule has 0 bridgehead atoms. The second-order valence-electron chi connectivity index (χ2n) is 5.28. The van der Waals surface area contributed by atoms with Crippen LogP contribution in [0.5, 0.6) is 11.5 Å². The zero-order valence-corrected chi connectivity index (χ0v) is 13.4. The van der Waals surface area contributed by atoms with Gasteiger partial charge >= 0.3 is 29.6 Å². The molecule has 5 nitrogen and oxygen atoms in total. The van der Waals surface area contributed by atoms with Gasteiger partial charge in [0.05, 0.1) is 7.11 Å². The van der Waals surface area contributed by atoms with E-state index in [0.717, 1.165) is 19.3 Å². The molecule has 0 radical (unpaired) electrons. The first-order valence-corrected chi connectivity index (χ1v) is 7.79. The van der Waals surface area contributed by atoms with Crippen LogP contribution < -0.4 is 10.1 Å². The first kappa shape index (κ1) is 22.0. The van der Waals surface area contributed by atoms with Gasteiger partial charge in [-0.05, 0) is 24.6 Å². The minimum absolute atomic E-state index is 0. The van der Waals surface area contributed by atoms with Crippen molar-refractivity contribution in [3.05, 3.63) is 23.8 Å². The third-order valence-corrected chi connectivity index (χ3v) is 3.45. The fraction of sp³-hybridized carbons (Fsp3) is 0.529. The summed E-state index contributed by atoms with van der Waals surface area (Å²) in [4.78, 5) is 23.7. The molecule has 0 saturated carbocycles. The molecule has 0 aliphatic heterocycles. The quantitative estimate of drug-likeness (QED) is 0.539. The summed E-state index contributed by atoms with van der Waals surface area (Å²) in [5.41, 5.74) is 0.283. The molecule has 0 atom stereocenters. The summed E-state index contributed by atoms with van der Waals surface area (Å²) < 4.78 is 4.94. The standard InChI is InChI=1S/C17H25NO4.Na.H/c1-3-4-5-6-7-8-9-16(20)18-17(21)13-10-11-14(19)15(12-13)22-2;;/h10-12,19H,3-9H2,1-2H3,(H,18,20,21);;. The van der Waals surface area contributed by atoms with Crippen LogP contribution in [0.15, 0.2) is 18.2 Å². The van der Waals surface area contributed by atoms with Crippen LogP contribution in [-0.4, -0.2) is 53.6 Å². The fourth-order valence-electron chi connectivity index (χ4n) is 2.15. The summed E-state index contributed by atoms with van der Waals surface area (Å²) in [5, 5.41) is 11.8. The van der Waals surface area contributed by atoms with Crippen LogP contribution in [0.4, 0.5) is 0 Å². The third-order valence-electron chi connectivity index (χ3n) is 3.45. The van der Waals surface area contributed by atoms with Crippen LogP contribution in [0.2, 0.25) is 0 Å². The second kappa shape index (κ2) is 12.4. The van der Waals surface area contributed by atoms with Gasteiger partial charge < -0.3 is 9.84 Å². The Labute approximate surface area is 160 Å². The number of amides is 2. The van der Waals surface area contributed by atoms with Crippen molar-refractivity contribution in [1.82, 2.24) is 5.32 Å². The van der Waals surface area contributed by atoms with Crippen LogP contribution in [0.3, 0.4) is 0 Å². The number of hydrogen-bond donors (Lipinski definition) is 2. The number of rotatable bonds is 9. The first-order valence-electron chi connectivity index (χ1n) is 7.79. The van der Waals surface area contributed by atoms with Crippen LogP contribution in [0.1, 0.15) is 62.2 Å². The van der Waals surface area contributed by atoms with Gasteiger partial charge in [0.1, 0.15) is 0 Å². The minimum atomic E-state index is -0.478. The molecule has 124 valence electrons. The Bertz CT molecular complexity index is 505. The zero-order chi connectivity index (χ0) is 16.4. The number of methoxy groups -OCH3 is 1. The van der Waals surface area contributed by atoms with E-state index in [0.29, 0.717) is 6.42 Å². The molecule has 1 aromatic rings. The van der Waals surface area contributed by atoms with Crippen LogP contribution in [0.25, 0.3) is 0 Å². The van der Waals surface area contributed by atoms with Crippen LogP contribution in [-0.2, 0) is 4.79 Å². The van der Waals surface area contributed by atoms with E-state index in [9.17, 15) is 14.7 Å². The van der Waals surface area contributed by atoms with Gasteiger partial charge in [0.25, 0.3) is 5.91 Å². The maximum atomic E-state index is 11.9. The number of imide groups is 1. The molecule has 0 unspecified atom stereocenters. The summed E-state index contributed by atoms with van der Waals surface area (Å²) in [5.74, 6) is -0.588. The molecule has 0 aliphatic carbocycles. The topological polar surface area (TPSA) is 75.6 Å². The number of hydrogen-bond acceptors (Lipinski definition) is 4. The van der Waals surface area contributed by atoms with Crippen molar-refractivity contribution in [1.29, 1.82) is 0 Å². The fourth-order valence-corrected chi connectivity index (χ4v) is 2.15. The SMILES string of the molecule is CCCCCCCCC(=O)NC(=O)c1ccc(O)c(OC)c1.[NaH]. The molecular formula is C17H26NNaO4. The van der Waals surface area contributed by atoms with Crippen molar-refractivity contribution in [2.45, 2.75) is 51.9 Å². The summed E-state index contributed by atoms with van der Waals surface area (Å²) in [6.45, 7) is 2.16. The Morgan fingerprint density at radius 3 is 2.43 bits per heavy atom. The Morgan fingerprint density at radius 1 is 1.13 bits per heavy atom. The van der Waals surface area contributed by atoms with Gasteiger partial charge in [0.15, 0.2) is 11.5 Å². The van der Waals surface area contributed by atoms with E-state index >= 15 is 0 Å². The molecule has 1 aromatic carbocycles. The van der Waals surface area contributed by atoms with Crippen molar-refractivity contribution in [3.8, 4) is 11.5 Å². The van der Waals surface area contributed by atoms with Crippen molar-refractivity contribution in [2.24, 2.45) is 0 Å². The average molecular weight is 331 g/mol. The van der Waals surface area contributed by atoms with Gasteiger partial charge in [-0.1, -0.05) is 39.0 Å². The molecule has 0 fully saturated rings. The molecule has 0 saturated heterocycles. The van der Waals surface area contributed by atoms with E-state index in [4.69, 9.17) is 4.74 Å². The van der Waals surface area contributed by atoms with E-state index in [-0.39, 0.29) is 52.5 Å². The molecular weight excluding hydrogens is 305 g/mol. The van der Waals surface area contributed by atoms with E-state index in [1.807, 2.05) is 0 Å². The zero-order valence-electron chi connectivity index (χ0n) is 13.4. The summed E-state index contributed by atoms with van der Waals surface area (Å²) in [7, 11) is 1.40. The van der Waals surface area contributed by atoms with Crippen molar-refractivity contribution in [2.75, 3.05) is 7.11 Å². The van der Waals surface area contributed by atoms with Crippen molar-refractivity contribution >= 4 is 41.4 Å².